The van der Waals surface area contributed by atoms with Crippen LogP contribution in [0, 0.1) is 0 Å². The predicted octanol–water partition coefficient (Wildman–Crippen LogP) is 7.03. The smallest absolute Gasteiger partial charge is 0.264 e. The number of halogens is 2. The third kappa shape index (κ3) is 9.06. The summed E-state index contributed by atoms with van der Waals surface area (Å²) < 4.78 is 35.3. The second kappa shape index (κ2) is 17.0. The molecule has 238 valence electrons. The molecule has 3 aromatic rings. The van der Waals surface area contributed by atoms with Gasteiger partial charge >= 0.3 is 0 Å². The van der Waals surface area contributed by atoms with Crippen molar-refractivity contribution in [3.8, 4) is 5.75 Å². The first-order valence-corrected chi connectivity index (χ1v) is 17.9. The van der Waals surface area contributed by atoms with E-state index in [1.54, 1.807) is 61.5 Å². The van der Waals surface area contributed by atoms with Gasteiger partial charge in [-0.1, -0.05) is 61.7 Å². The van der Waals surface area contributed by atoms with E-state index in [0.717, 1.165) is 22.0 Å². The fraction of sp³-hybridized carbons (Fsp3) is 0.375. The van der Waals surface area contributed by atoms with E-state index in [4.69, 9.17) is 27.9 Å². The molecule has 0 saturated carbocycles. The van der Waals surface area contributed by atoms with Crippen LogP contribution >= 0.6 is 35.0 Å². The lowest BCUT2D eigenvalue weighted by atomic mass is 10.1. The summed E-state index contributed by atoms with van der Waals surface area (Å²) in [6, 6.07) is 17.3. The lowest BCUT2D eigenvalue weighted by Crippen LogP contribution is -2.52. The van der Waals surface area contributed by atoms with Gasteiger partial charge in [0.1, 0.15) is 18.3 Å². The molecule has 12 heteroatoms. The first-order valence-electron chi connectivity index (χ1n) is 14.5. The van der Waals surface area contributed by atoms with Crippen LogP contribution in [-0.2, 0) is 26.2 Å². The standard InChI is InChI=1S/C32H39Cl2N3O5S2/c1-5-8-19-35-32(39)28(6-2)36(21-23-13-18-26(33)27(34)20-23)31(38)22-37(29-11-9-10-12-30(29)42-7-3)44(40,41)25-16-14-24(43-4)15-17-25/h9-18,20,28H,5-8,19,21-22H2,1-4H3,(H,35,39)/t28-/m0/s1. The minimum absolute atomic E-state index is 0.0127. The van der Waals surface area contributed by atoms with Crippen molar-refractivity contribution in [3.05, 3.63) is 82.3 Å². The van der Waals surface area contributed by atoms with Gasteiger partial charge in [-0.15, -0.1) is 11.8 Å². The molecule has 0 unspecified atom stereocenters. The van der Waals surface area contributed by atoms with Gasteiger partial charge in [0.05, 0.1) is 27.2 Å². The maximum atomic E-state index is 14.3. The topological polar surface area (TPSA) is 96.0 Å². The Morgan fingerprint density at radius 3 is 2.30 bits per heavy atom. The number of thioether (sulfide) groups is 1. The molecule has 1 atom stereocenters. The van der Waals surface area contributed by atoms with Crippen molar-refractivity contribution < 1.29 is 22.7 Å². The summed E-state index contributed by atoms with van der Waals surface area (Å²) in [6.45, 7) is 5.83. The highest BCUT2D eigenvalue weighted by molar-refractivity contribution is 7.98. The molecular weight excluding hydrogens is 641 g/mol. The Morgan fingerprint density at radius 1 is 0.977 bits per heavy atom. The molecule has 2 amide bonds. The summed E-state index contributed by atoms with van der Waals surface area (Å²) >= 11 is 13.9. The summed E-state index contributed by atoms with van der Waals surface area (Å²) in [5, 5.41) is 3.58. The average Bonchev–Trinajstić information content (AvgIpc) is 3.02. The molecule has 0 aliphatic rings. The summed E-state index contributed by atoms with van der Waals surface area (Å²) in [5.74, 6) is -0.567. The predicted molar refractivity (Wildman–Crippen MR) is 179 cm³/mol. The third-order valence-electron chi connectivity index (χ3n) is 6.91. The molecule has 3 rings (SSSR count). The van der Waals surface area contributed by atoms with Crippen LogP contribution in [0.15, 0.2) is 76.5 Å². The number of para-hydroxylation sites is 2. The maximum Gasteiger partial charge on any atom is 0.264 e. The second-order valence-electron chi connectivity index (χ2n) is 9.93. The summed E-state index contributed by atoms with van der Waals surface area (Å²) in [7, 11) is -4.25. The molecule has 3 aromatic carbocycles. The van der Waals surface area contributed by atoms with Gasteiger partial charge < -0.3 is 15.0 Å². The maximum absolute atomic E-state index is 14.3. The molecule has 0 spiro atoms. The molecule has 0 heterocycles. The Kier molecular flexibility index (Phi) is 13.7. The van der Waals surface area contributed by atoms with Crippen LogP contribution in [0.2, 0.25) is 10.0 Å². The van der Waals surface area contributed by atoms with E-state index in [-0.39, 0.29) is 23.0 Å². The van der Waals surface area contributed by atoms with Crippen LogP contribution in [0.5, 0.6) is 5.75 Å². The van der Waals surface area contributed by atoms with Crippen LogP contribution < -0.4 is 14.4 Å². The number of nitrogens with zero attached hydrogens (tertiary/aromatic N) is 2. The molecule has 0 aliphatic carbocycles. The highest BCUT2D eigenvalue weighted by Crippen LogP contribution is 2.33. The van der Waals surface area contributed by atoms with Gasteiger partial charge in [0.15, 0.2) is 0 Å². The highest BCUT2D eigenvalue weighted by atomic mass is 35.5. The third-order valence-corrected chi connectivity index (χ3v) is 10.2. The van der Waals surface area contributed by atoms with Gasteiger partial charge in [-0.25, -0.2) is 8.42 Å². The number of carbonyl (C=O) groups excluding carboxylic acids is 2. The Bertz CT molecular complexity index is 1520. The van der Waals surface area contributed by atoms with Gasteiger partial charge in [-0.2, -0.15) is 0 Å². The number of amides is 2. The number of hydrogen-bond donors (Lipinski definition) is 1. The number of nitrogens with one attached hydrogen (secondary N) is 1. The van der Waals surface area contributed by atoms with Gasteiger partial charge in [-0.05, 0) is 80.1 Å². The average molecular weight is 681 g/mol. The first kappa shape index (κ1) is 35.6. The molecule has 1 N–H and O–H groups in total. The number of ether oxygens (including phenoxy) is 1. The van der Waals surface area contributed by atoms with Gasteiger partial charge in [0.2, 0.25) is 11.8 Å². The van der Waals surface area contributed by atoms with E-state index < -0.39 is 28.5 Å². The molecule has 0 bridgehead atoms. The fourth-order valence-electron chi connectivity index (χ4n) is 4.59. The van der Waals surface area contributed by atoms with Gasteiger partial charge in [-0.3, -0.25) is 13.9 Å². The van der Waals surface area contributed by atoms with E-state index >= 15 is 0 Å². The number of hydrogen-bond acceptors (Lipinski definition) is 6. The Hall–Kier alpha value is -2.92. The van der Waals surface area contributed by atoms with Crippen molar-refractivity contribution in [1.29, 1.82) is 0 Å². The number of anilines is 1. The van der Waals surface area contributed by atoms with Crippen molar-refractivity contribution in [2.45, 2.75) is 62.4 Å². The quantitative estimate of drug-likeness (QED) is 0.129. The SMILES string of the molecule is CCCCNC(=O)[C@H](CC)N(Cc1ccc(Cl)c(Cl)c1)C(=O)CN(c1ccccc1OCC)S(=O)(=O)c1ccc(SC)cc1. The lowest BCUT2D eigenvalue weighted by molar-refractivity contribution is -0.140. The zero-order valence-corrected chi connectivity index (χ0v) is 28.5. The molecule has 0 saturated heterocycles. The van der Waals surface area contributed by atoms with Crippen LogP contribution in [0.25, 0.3) is 0 Å². The molecule has 8 nitrogen and oxygen atoms in total. The summed E-state index contributed by atoms with van der Waals surface area (Å²) in [5.41, 5.74) is 0.857. The molecule has 0 aliphatic heterocycles. The molecule has 0 fully saturated rings. The van der Waals surface area contributed by atoms with E-state index in [9.17, 15) is 18.0 Å². The lowest BCUT2D eigenvalue weighted by Gasteiger charge is -2.33. The van der Waals surface area contributed by atoms with Crippen molar-refractivity contribution in [2.24, 2.45) is 0 Å². The molecule has 44 heavy (non-hydrogen) atoms. The van der Waals surface area contributed by atoms with Crippen LogP contribution in [-0.4, -0.2) is 57.1 Å². The van der Waals surface area contributed by atoms with E-state index in [1.165, 1.54) is 28.8 Å². The minimum atomic E-state index is -4.25. The Labute approximate surface area is 275 Å². The number of carbonyl (C=O) groups is 2. The Balaban J connectivity index is 2.10. The van der Waals surface area contributed by atoms with Crippen molar-refractivity contribution >= 4 is 62.5 Å². The summed E-state index contributed by atoms with van der Waals surface area (Å²) in [4.78, 5) is 30.0. The highest BCUT2D eigenvalue weighted by Gasteiger charge is 2.34. The number of benzene rings is 3. The largest absolute Gasteiger partial charge is 0.492 e. The molecular formula is C32H39Cl2N3O5S2. The number of unbranched alkanes of at least 4 members (excludes halogenated alkanes) is 1. The van der Waals surface area contributed by atoms with Crippen LogP contribution in [0.3, 0.4) is 0 Å². The van der Waals surface area contributed by atoms with Gasteiger partial charge in [0, 0.05) is 18.0 Å². The fourth-order valence-corrected chi connectivity index (χ4v) is 6.74. The Morgan fingerprint density at radius 2 is 1.68 bits per heavy atom. The first-order chi connectivity index (χ1) is 21.1. The van der Waals surface area contributed by atoms with E-state index in [2.05, 4.69) is 5.32 Å². The zero-order chi connectivity index (χ0) is 32.3. The van der Waals surface area contributed by atoms with Crippen LogP contribution in [0.1, 0.15) is 45.6 Å². The van der Waals surface area contributed by atoms with Gasteiger partial charge in [0.25, 0.3) is 10.0 Å². The number of sulfonamides is 1. The minimum Gasteiger partial charge on any atom is -0.492 e. The molecule has 0 radical (unpaired) electrons. The van der Waals surface area contributed by atoms with Crippen LogP contribution in [0.4, 0.5) is 5.69 Å². The van der Waals surface area contributed by atoms with Crippen molar-refractivity contribution in [3.63, 3.8) is 0 Å². The monoisotopic (exact) mass is 679 g/mol. The zero-order valence-electron chi connectivity index (χ0n) is 25.4. The molecule has 0 aromatic heterocycles. The number of rotatable bonds is 16. The second-order valence-corrected chi connectivity index (χ2v) is 13.5. The summed E-state index contributed by atoms with van der Waals surface area (Å²) in [6.07, 6.45) is 3.90. The van der Waals surface area contributed by atoms with Crippen molar-refractivity contribution in [1.82, 2.24) is 10.2 Å². The van der Waals surface area contributed by atoms with Crippen molar-refractivity contribution in [2.75, 3.05) is 30.3 Å². The van der Waals surface area contributed by atoms with E-state index in [1.807, 2.05) is 20.1 Å². The normalized spacial score (nSPS) is 12.0. The van der Waals surface area contributed by atoms with E-state index in [0.29, 0.717) is 40.9 Å².